The lowest BCUT2D eigenvalue weighted by molar-refractivity contribution is 0.532. The fourth-order valence-electron chi connectivity index (χ4n) is 1.33. The minimum absolute atomic E-state index is 0.564. The van der Waals surface area contributed by atoms with Crippen LogP contribution in [0, 0.1) is 0 Å². The first kappa shape index (κ1) is 10.3. The summed E-state index contributed by atoms with van der Waals surface area (Å²) in [5.74, 6) is 1.17. The van der Waals surface area contributed by atoms with Crippen molar-refractivity contribution in [3.05, 3.63) is 18.2 Å². The van der Waals surface area contributed by atoms with E-state index in [9.17, 15) is 0 Å². The molecule has 0 spiro atoms. The molecule has 3 heteroatoms. The van der Waals surface area contributed by atoms with Gasteiger partial charge in [-0.05, 0) is 0 Å². The van der Waals surface area contributed by atoms with E-state index in [0.29, 0.717) is 6.04 Å². The average molecular weight is 181 g/mol. The maximum atomic E-state index is 4.27. The van der Waals surface area contributed by atoms with Crippen molar-refractivity contribution in [1.29, 1.82) is 0 Å². The highest BCUT2D eigenvalue weighted by Crippen LogP contribution is 1.97. The van der Waals surface area contributed by atoms with E-state index in [0.717, 1.165) is 19.5 Å². The monoisotopic (exact) mass is 181 g/mol. The third-order valence-electron chi connectivity index (χ3n) is 2.02. The number of imidazole rings is 1. The molecule has 0 aliphatic carbocycles. The third-order valence-corrected chi connectivity index (χ3v) is 2.02. The van der Waals surface area contributed by atoms with Crippen molar-refractivity contribution in [2.24, 2.45) is 0 Å². The lowest BCUT2D eigenvalue weighted by atomic mass is 10.4. The van der Waals surface area contributed by atoms with Gasteiger partial charge in [-0.1, -0.05) is 20.8 Å². The first-order chi connectivity index (χ1) is 6.24. The highest BCUT2D eigenvalue weighted by Gasteiger charge is 1.99. The van der Waals surface area contributed by atoms with Crippen LogP contribution in [0.15, 0.2) is 12.4 Å². The lowest BCUT2D eigenvalue weighted by Gasteiger charge is -2.09. The number of hydrogen-bond acceptors (Lipinski definition) is 2. The van der Waals surface area contributed by atoms with Gasteiger partial charge in [-0.2, -0.15) is 0 Å². The van der Waals surface area contributed by atoms with Gasteiger partial charge in [0.2, 0.25) is 0 Å². The zero-order valence-electron chi connectivity index (χ0n) is 8.75. The normalized spacial score (nSPS) is 11.1. The Morgan fingerprint density at radius 3 is 2.92 bits per heavy atom. The van der Waals surface area contributed by atoms with Crippen molar-refractivity contribution in [2.45, 2.75) is 39.8 Å². The molecule has 1 aromatic rings. The summed E-state index contributed by atoms with van der Waals surface area (Å²) in [7, 11) is 0. The topological polar surface area (TPSA) is 29.9 Å². The molecule has 0 unspecified atom stereocenters. The Kier molecular flexibility index (Phi) is 3.96. The summed E-state index contributed by atoms with van der Waals surface area (Å²) in [5.41, 5.74) is 0. The van der Waals surface area contributed by atoms with E-state index >= 15 is 0 Å². The summed E-state index contributed by atoms with van der Waals surface area (Å²) in [6.07, 6.45) is 4.92. The summed E-state index contributed by atoms with van der Waals surface area (Å²) in [6, 6.07) is 0.564. The van der Waals surface area contributed by atoms with E-state index in [1.807, 2.05) is 12.4 Å². The Hall–Kier alpha value is -0.830. The molecule has 0 amide bonds. The van der Waals surface area contributed by atoms with Crippen LogP contribution in [0.4, 0.5) is 0 Å². The van der Waals surface area contributed by atoms with Crippen molar-refractivity contribution in [1.82, 2.24) is 14.9 Å². The highest BCUT2D eigenvalue weighted by molar-refractivity contribution is 4.91. The fraction of sp³-hybridized carbons (Fsp3) is 0.700. The second-order valence-corrected chi connectivity index (χ2v) is 3.50. The SMILES string of the molecule is CCc1nccn1CCNC(C)C. The van der Waals surface area contributed by atoms with E-state index in [1.54, 1.807) is 0 Å². The molecule has 1 N–H and O–H groups in total. The van der Waals surface area contributed by atoms with Gasteiger partial charge in [0.25, 0.3) is 0 Å². The first-order valence-corrected chi connectivity index (χ1v) is 4.97. The van der Waals surface area contributed by atoms with Gasteiger partial charge in [-0.3, -0.25) is 0 Å². The molecule has 0 bridgehead atoms. The van der Waals surface area contributed by atoms with Gasteiger partial charge in [0.05, 0.1) is 0 Å². The van der Waals surface area contributed by atoms with Gasteiger partial charge in [-0.15, -0.1) is 0 Å². The maximum Gasteiger partial charge on any atom is 0.108 e. The van der Waals surface area contributed by atoms with Gasteiger partial charge in [0.1, 0.15) is 5.82 Å². The number of aryl methyl sites for hydroxylation is 1. The van der Waals surface area contributed by atoms with E-state index in [2.05, 4.69) is 35.6 Å². The highest BCUT2D eigenvalue weighted by atomic mass is 15.1. The van der Waals surface area contributed by atoms with E-state index in [-0.39, 0.29) is 0 Å². The molecule has 3 nitrogen and oxygen atoms in total. The van der Waals surface area contributed by atoms with Crippen LogP contribution in [0.1, 0.15) is 26.6 Å². The third kappa shape index (κ3) is 3.19. The van der Waals surface area contributed by atoms with Crippen LogP contribution in [-0.4, -0.2) is 22.1 Å². The summed E-state index contributed by atoms with van der Waals surface area (Å²) in [4.78, 5) is 4.27. The molecular formula is C10H19N3. The predicted octanol–water partition coefficient (Wildman–Crippen LogP) is 1.44. The molecule has 0 aromatic carbocycles. The second-order valence-electron chi connectivity index (χ2n) is 3.50. The number of hydrogen-bond donors (Lipinski definition) is 1. The Morgan fingerprint density at radius 2 is 2.31 bits per heavy atom. The summed E-state index contributed by atoms with van der Waals surface area (Å²) in [5, 5.41) is 3.39. The second kappa shape index (κ2) is 5.02. The van der Waals surface area contributed by atoms with Crippen LogP contribution < -0.4 is 5.32 Å². The summed E-state index contributed by atoms with van der Waals surface area (Å²) < 4.78 is 2.20. The van der Waals surface area contributed by atoms with E-state index in [1.165, 1.54) is 5.82 Å². The van der Waals surface area contributed by atoms with Gasteiger partial charge in [-0.25, -0.2) is 4.98 Å². The fourth-order valence-corrected chi connectivity index (χ4v) is 1.33. The summed E-state index contributed by atoms with van der Waals surface area (Å²) in [6.45, 7) is 8.49. The van der Waals surface area contributed by atoms with Crippen molar-refractivity contribution in [3.63, 3.8) is 0 Å². The van der Waals surface area contributed by atoms with E-state index < -0.39 is 0 Å². The molecule has 13 heavy (non-hydrogen) atoms. The van der Waals surface area contributed by atoms with Gasteiger partial charge >= 0.3 is 0 Å². The van der Waals surface area contributed by atoms with Gasteiger partial charge in [0.15, 0.2) is 0 Å². The number of aromatic nitrogens is 2. The quantitative estimate of drug-likeness (QED) is 0.745. The standard InChI is InChI=1S/C10H19N3/c1-4-10-12-6-8-13(10)7-5-11-9(2)3/h6,8-9,11H,4-5,7H2,1-3H3. The molecule has 0 radical (unpaired) electrons. The van der Waals surface area contributed by atoms with Crippen LogP contribution in [0.5, 0.6) is 0 Å². The molecule has 1 aromatic heterocycles. The van der Waals surface area contributed by atoms with E-state index in [4.69, 9.17) is 0 Å². The largest absolute Gasteiger partial charge is 0.334 e. The zero-order chi connectivity index (χ0) is 9.68. The molecule has 74 valence electrons. The number of nitrogens with one attached hydrogen (secondary N) is 1. The summed E-state index contributed by atoms with van der Waals surface area (Å²) >= 11 is 0. The van der Waals surface area contributed by atoms with Gasteiger partial charge < -0.3 is 9.88 Å². The molecule has 0 aliphatic heterocycles. The van der Waals surface area contributed by atoms with Crippen molar-refractivity contribution in [3.8, 4) is 0 Å². The molecule has 0 saturated carbocycles. The molecular weight excluding hydrogens is 162 g/mol. The molecule has 0 atom stereocenters. The Balaban J connectivity index is 2.36. The minimum Gasteiger partial charge on any atom is -0.334 e. The smallest absolute Gasteiger partial charge is 0.108 e. The molecule has 0 saturated heterocycles. The Morgan fingerprint density at radius 1 is 1.54 bits per heavy atom. The zero-order valence-corrected chi connectivity index (χ0v) is 8.75. The average Bonchev–Trinajstić information content (AvgIpc) is 2.51. The number of nitrogens with zero attached hydrogens (tertiary/aromatic N) is 2. The van der Waals surface area contributed by atoms with Crippen LogP contribution >= 0.6 is 0 Å². The molecule has 0 fully saturated rings. The lowest BCUT2D eigenvalue weighted by Crippen LogP contribution is -2.26. The minimum atomic E-state index is 0.564. The number of rotatable bonds is 5. The Labute approximate surface area is 80.2 Å². The predicted molar refractivity (Wildman–Crippen MR) is 54.7 cm³/mol. The van der Waals surface area contributed by atoms with Crippen LogP contribution in [-0.2, 0) is 13.0 Å². The maximum absolute atomic E-state index is 4.27. The first-order valence-electron chi connectivity index (χ1n) is 4.97. The molecule has 1 heterocycles. The van der Waals surface area contributed by atoms with Gasteiger partial charge in [0, 0.05) is 37.9 Å². The Bertz CT molecular complexity index is 240. The van der Waals surface area contributed by atoms with Crippen LogP contribution in [0.25, 0.3) is 0 Å². The van der Waals surface area contributed by atoms with Crippen molar-refractivity contribution >= 4 is 0 Å². The van der Waals surface area contributed by atoms with Crippen LogP contribution in [0.3, 0.4) is 0 Å². The molecule has 0 aliphatic rings. The van der Waals surface area contributed by atoms with Crippen LogP contribution in [0.2, 0.25) is 0 Å². The van der Waals surface area contributed by atoms with Crippen molar-refractivity contribution in [2.75, 3.05) is 6.54 Å². The van der Waals surface area contributed by atoms with Crippen molar-refractivity contribution < 1.29 is 0 Å². The molecule has 1 rings (SSSR count).